The molecule has 0 atom stereocenters. The van der Waals surface area contributed by atoms with E-state index in [4.69, 9.17) is 25.8 Å². The fraction of sp³-hybridized carbons (Fsp3) is 0.316. The van der Waals surface area contributed by atoms with Crippen LogP contribution in [-0.4, -0.2) is 24.7 Å². The van der Waals surface area contributed by atoms with Crippen molar-refractivity contribution in [2.45, 2.75) is 26.0 Å². The second-order valence-electron chi connectivity index (χ2n) is 6.35. The van der Waals surface area contributed by atoms with Crippen molar-refractivity contribution in [2.75, 3.05) is 13.2 Å². The third-order valence-corrected chi connectivity index (χ3v) is 4.12. The number of ether oxygens (including phenoxy) is 3. The lowest BCUT2D eigenvalue weighted by Gasteiger charge is -2.25. The molecule has 1 amide bonds. The lowest BCUT2D eigenvalue weighted by atomic mass is 10.1. The van der Waals surface area contributed by atoms with Crippen molar-refractivity contribution in [3.8, 4) is 17.2 Å². The Hall–Kier alpha value is -2.47. The summed E-state index contributed by atoms with van der Waals surface area (Å²) < 4.78 is 29.6. The third kappa shape index (κ3) is 4.19. The zero-order valence-corrected chi connectivity index (χ0v) is 15.2. The number of carbonyl (C=O) groups excluding carboxylic acids is 1. The van der Waals surface area contributed by atoms with Gasteiger partial charge in [0, 0.05) is 6.54 Å². The molecule has 5 nitrogen and oxygen atoms in total. The van der Waals surface area contributed by atoms with Crippen LogP contribution in [0.2, 0.25) is 5.02 Å². The largest absolute Gasteiger partial charge is 0.486 e. The van der Waals surface area contributed by atoms with Gasteiger partial charge < -0.3 is 19.5 Å². The molecule has 0 spiro atoms. The Kier molecular flexibility index (Phi) is 5.23. The predicted octanol–water partition coefficient (Wildman–Crippen LogP) is 3.72. The van der Waals surface area contributed by atoms with Gasteiger partial charge in [0.25, 0.3) is 5.91 Å². The number of rotatable bonds is 5. The number of hydrogen-bond donors (Lipinski definition) is 1. The lowest BCUT2D eigenvalue weighted by molar-refractivity contribution is -0.134. The van der Waals surface area contributed by atoms with E-state index in [2.05, 4.69) is 5.32 Å². The second-order valence-corrected chi connectivity index (χ2v) is 6.76. The van der Waals surface area contributed by atoms with E-state index in [9.17, 15) is 9.18 Å². The van der Waals surface area contributed by atoms with Gasteiger partial charge in [0.1, 0.15) is 24.8 Å². The van der Waals surface area contributed by atoms with Gasteiger partial charge in [-0.25, -0.2) is 4.39 Å². The van der Waals surface area contributed by atoms with Crippen molar-refractivity contribution in [2.24, 2.45) is 0 Å². The van der Waals surface area contributed by atoms with Gasteiger partial charge in [-0.1, -0.05) is 11.6 Å². The molecule has 1 heterocycles. The zero-order valence-electron chi connectivity index (χ0n) is 14.5. The van der Waals surface area contributed by atoms with Gasteiger partial charge >= 0.3 is 0 Å². The fourth-order valence-electron chi connectivity index (χ4n) is 2.51. The average molecular weight is 380 g/mol. The van der Waals surface area contributed by atoms with Gasteiger partial charge in [0.2, 0.25) is 0 Å². The Bertz CT molecular complexity index is 808. The molecule has 0 fully saturated rings. The predicted molar refractivity (Wildman–Crippen MR) is 95.4 cm³/mol. The van der Waals surface area contributed by atoms with E-state index in [1.165, 1.54) is 24.3 Å². The average Bonchev–Trinajstić information content (AvgIpc) is 2.61. The maximum Gasteiger partial charge on any atom is 0.263 e. The molecular weight excluding hydrogens is 361 g/mol. The number of halogens is 2. The highest BCUT2D eigenvalue weighted by atomic mass is 35.5. The van der Waals surface area contributed by atoms with Gasteiger partial charge in [0.15, 0.2) is 17.1 Å². The number of hydrogen-bond acceptors (Lipinski definition) is 4. The molecular formula is C19H19ClFNO4. The molecule has 0 saturated carbocycles. The monoisotopic (exact) mass is 379 g/mol. The van der Waals surface area contributed by atoms with Gasteiger partial charge in [0.05, 0.1) is 5.02 Å². The summed E-state index contributed by atoms with van der Waals surface area (Å²) in [6, 6.07) is 9.02. The van der Waals surface area contributed by atoms with Crippen LogP contribution in [-0.2, 0) is 11.3 Å². The van der Waals surface area contributed by atoms with Crippen molar-refractivity contribution < 1.29 is 23.4 Å². The first kappa shape index (κ1) is 18.3. The quantitative estimate of drug-likeness (QED) is 0.860. The van der Waals surface area contributed by atoms with Crippen LogP contribution in [0.4, 0.5) is 4.39 Å². The van der Waals surface area contributed by atoms with E-state index >= 15 is 0 Å². The number of fused-ring (bicyclic) bond motifs is 1. The van der Waals surface area contributed by atoms with E-state index < -0.39 is 5.60 Å². The maximum absolute atomic E-state index is 13.0. The molecule has 26 heavy (non-hydrogen) atoms. The van der Waals surface area contributed by atoms with Crippen LogP contribution in [0.5, 0.6) is 17.2 Å². The van der Waals surface area contributed by atoms with E-state index in [-0.39, 0.29) is 18.3 Å². The van der Waals surface area contributed by atoms with Crippen molar-refractivity contribution in [3.63, 3.8) is 0 Å². The summed E-state index contributed by atoms with van der Waals surface area (Å²) in [6.45, 7) is 4.45. The SMILES string of the molecule is CC(C)(Oc1ccc(F)cc1)C(=O)NCc1cc(Cl)c2c(c1)OCCO2. The van der Waals surface area contributed by atoms with Crippen LogP contribution in [0, 0.1) is 5.82 Å². The second kappa shape index (κ2) is 7.41. The third-order valence-electron chi connectivity index (χ3n) is 3.84. The van der Waals surface area contributed by atoms with Crippen molar-refractivity contribution in [1.29, 1.82) is 0 Å². The van der Waals surface area contributed by atoms with E-state index in [1.54, 1.807) is 26.0 Å². The highest BCUT2D eigenvalue weighted by Gasteiger charge is 2.30. The van der Waals surface area contributed by atoms with Crippen molar-refractivity contribution >= 4 is 17.5 Å². The van der Waals surface area contributed by atoms with Crippen molar-refractivity contribution in [3.05, 3.63) is 52.8 Å². The smallest absolute Gasteiger partial charge is 0.263 e. The zero-order chi connectivity index (χ0) is 18.7. The van der Waals surface area contributed by atoms with E-state index in [0.29, 0.717) is 35.5 Å². The number of nitrogens with one attached hydrogen (secondary N) is 1. The summed E-state index contributed by atoms with van der Waals surface area (Å²) in [6.07, 6.45) is 0. The van der Waals surface area contributed by atoms with Crippen LogP contribution < -0.4 is 19.5 Å². The molecule has 0 saturated heterocycles. The van der Waals surface area contributed by atoms with Gasteiger partial charge in [-0.3, -0.25) is 4.79 Å². The normalized spacial score (nSPS) is 13.2. The molecule has 2 aromatic carbocycles. The summed E-state index contributed by atoms with van der Waals surface area (Å²) in [7, 11) is 0. The minimum atomic E-state index is -1.13. The van der Waals surface area contributed by atoms with Gasteiger partial charge in [-0.05, 0) is 55.8 Å². The Morgan fingerprint density at radius 1 is 1.23 bits per heavy atom. The Balaban J connectivity index is 1.64. The van der Waals surface area contributed by atoms with Gasteiger partial charge in [-0.2, -0.15) is 0 Å². The highest BCUT2D eigenvalue weighted by Crippen LogP contribution is 2.38. The summed E-state index contributed by atoms with van der Waals surface area (Å²) in [4.78, 5) is 12.5. The Morgan fingerprint density at radius 3 is 2.65 bits per heavy atom. The Labute approximate surface area is 156 Å². The molecule has 0 bridgehead atoms. The standard InChI is InChI=1S/C19H19ClFNO4/c1-19(2,26-14-5-3-13(21)4-6-14)18(23)22-11-12-9-15(20)17-16(10-12)24-7-8-25-17/h3-6,9-10H,7-8,11H2,1-2H3,(H,22,23). The van der Waals surface area contributed by atoms with Crippen molar-refractivity contribution in [1.82, 2.24) is 5.32 Å². The molecule has 0 radical (unpaired) electrons. The first-order chi connectivity index (χ1) is 12.3. The first-order valence-electron chi connectivity index (χ1n) is 8.16. The minimum absolute atomic E-state index is 0.255. The first-order valence-corrected chi connectivity index (χ1v) is 8.54. The van der Waals surface area contributed by atoms with Gasteiger partial charge in [-0.15, -0.1) is 0 Å². The summed E-state index contributed by atoms with van der Waals surface area (Å²) in [5.74, 6) is 0.819. The van der Waals surface area contributed by atoms with Crippen LogP contribution in [0.1, 0.15) is 19.4 Å². The maximum atomic E-state index is 13.0. The van der Waals surface area contributed by atoms with Crippen LogP contribution in [0.3, 0.4) is 0 Å². The molecule has 138 valence electrons. The Morgan fingerprint density at radius 2 is 1.92 bits per heavy atom. The lowest BCUT2D eigenvalue weighted by Crippen LogP contribution is -2.46. The van der Waals surface area contributed by atoms with E-state index in [1.807, 2.05) is 0 Å². The van der Waals surface area contributed by atoms with Crippen LogP contribution in [0.25, 0.3) is 0 Å². The topological polar surface area (TPSA) is 56.8 Å². The molecule has 7 heteroatoms. The summed E-state index contributed by atoms with van der Waals surface area (Å²) in [5.41, 5.74) is -0.347. The minimum Gasteiger partial charge on any atom is -0.486 e. The summed E-state index contributed by atoms with van der Waals surface area (Å²) in [5, 5.41) is 3.25. The fourth-order valence-corrected chi connectivity index (χ4v) is 2.79. The highest BCUT2D eigenvalue weighted by molar-refractivity contribution is 6.32. The molecule has 1 N–H and O–H groups in total. The molecule has 0 unspecified atom stereocenters. The number of amides is 1. The molecule has 1 aliphatic rings. The molecule has 2 aromatic rings. The molecule has 1 aliphatic heterocycles. The van der Waals surface area contributed by atoms with Crippen LogP contribution >= 0.6 is 11.6 Å². The molecule has 0 aliphatic carbocycles. The van der Waals surface area contributed by atoms with E-state index in [0.717, 1.165) is 5.56 Å². The van der Waals surface area contributed by atoms with Crippen LogP contribution in [0.15, 0.2) is 36.4 Å². The molecule has 3 rings (SSSR count). The summed E-state index contributed by atoms with van der Waals surface area (Å²) >= 11 is 6.20. The molecule has 0 aromatic heterocycles. The number of benzene rings is 2. The number of carbonyl (C=O) groups is 1.